The Morgan fingerprint density at radius 3 is 2.33 bits per heavy atom. The predicted molar refractivity (Wildman–Crippen MR) is 46.9 cm³/mol. The van der Waals surface area contributed by atoms with Gasteiger partial charge in [0.15, 0.2) is 11.6 Å². The lowest BCUT2D eigenvalue weighted by atomic mass is 9.79. The molecule has 0 spiro atoms. The minimum Gasteiger partial charge on any atom is -0.298 e. The number of unbranched alkanes of at least 4 members (excludes halogenated alkanes) is 3. The van der Waals surface area contributed by atoms with Crippen molar-refractivity contribution in [3.8, 4) is 0 Å². The van der Waals surface area contributed by atoms with Crippen molar-refractivity contribution in [2.75, 3.05) is 0 Å². The number of hydrogen-bond donors (Lipinski definition) is 0. The van der Waals surface area contributed by atoms with E-state index < -0.39 is 0 Å². The zero-order valence-corrected chi connectivity index (χ0v) is 7.64. The average molecular weight is 168 g/mol. The maximum absolute atomic E-state index is 10.9. The molecule has 1 fully saturated rings. The highest BCUT2D eigenvalue weighted by molar-refractivity contribution is 6.21. The lowest BCUT2D eigenvalue weighted by molar-refractivity contribution is -0.144. The van der Waals surface area contributed by atoms with Crippen molar-refractivity contribution in [1.29, 1.82) is 0 Å². The highest BCUT2D eigenvalue weighted by atomic mass is 16.2. The van der Waals surface area contributed by atoms with Crippen molar-refractivity contribution in [3.63, 3.8) is 0 Å². The lowest BCUT2D eigenvalue weighted by Crippen LogP contribution is -2.37. The SMILES string of the molecule is CCCCCCC1C(=O)CC1=O. The molecule has 0 radical (unpaired) electrons. The summed E-state index contributed by atoms with van der Waals surface area (Å²) in [6, 6.07) is 0. The number of rotatable bonds is 5. The smallest absolute Gasteiger partial charge is 0.150 e. The van der Waals surface area contributed by atoms with Gasteiger partial charge in [0.25, 0.3) is 0 Å². The van der Waals surface area contributed by atoms with Crippen LogP contribution < -0.4 is 0 Å². The van der Waals surface area contributed by atoms with Crippen molar-refractivity contribution in [2.24, 2.45) is 5.92 Å². The molecule has 12 heavy (non-hydrogen) atoms. The summed E-state index contributed by atoms with van der Waals surface area (Å²) in [5, 5.41) is 0. The Balaban J connectivity index is 2.07. The van der Waals surface area contributed by atoms with Crippen molar-refractivity contribution < 1.29 is 9.59 Å². The highest BCUT2D eigenvalue weighted by Crippen LogP contribution is 2.24. The van der Waals surface area contributed by atoms with Gasteiger partial charge in [-0.05, 0) is 6.42 Å². The molecule has 2 nitrogen and oxygen atoms in total. The van der Waals surface area contributed by atoms with Crippen molar-refractivity contribution in [1.82, 2.24) is 0 Å². The molecule has 0 N–H and O–H groups in total. The molecule has 1 aliphatic carbocycles. The zero-order valence-electron chi connectivity index (χ0n) is 7.64. The van der Waals surface area contributed by atoms with Crippen LogP contribution in [0.4, 0.5) is 0 Å². The van der Waals surface area contributed by atoms with E-state index in [1.54, 1.807) is 0 Å². The molecule has 0 saturated heterocycles. The lowest BCUT2D eigenvalue weighted by Gasteiger charge is -2.21. The van der Waals surface area contributed by atoms with Crippen LogP contribution in [-0.2, 0) is 9.59 Å². The number of ketones is 2. The summed E-state index contributed by atoms with van der Waals surface area (Å²) in [5.41, 5.74) is 0. The molecular weight excluding hydrogens is 152 g/mol. The maximum Gasteiger partial charge on any atom is 0.150 e. The van der Waals surface area contributed by atoms with Gasteiger partial charge in [0.05, 0.1) is 12.3 Å². The van der Waals surface area contributed by atoms with Crippen LogP contribution in [0.3, 0.4) is 0 Å². The summed E-state index contributed by atoms with van der Waals surface area (Å²) in [6.45, 7) is 2.15. The van der Waals surface area contributed by atoms with Gasteiger partial charge in [-0.2, -0.15) is 0 Å². The van der Waals surface area contributed by atoms with Gasteiger partial charge in [-0.3, -0.25) is 9.59 Å². The molecule has 0 bridgehead atoms. The van der Waals surface area contributed by atoms with Gasteiger partial charge in [-0.15, -0.1) is 0 Å². The summed E-state index contributed by atoms with van der Waals surface area (Å²) < 4.78 is 0. The van der Waals surface area contributed by atoms with Crippen LogP contribution in [0.5, 0.6) is 0 Å². The van der Waals surface area contributed by atoms with Crippen LogP contribution in [0.1, 0.15) is 45.4 Å². The molecule has 0 atom stereocenters. The quantitative estimate of drug-likeness (QED) is 0.465. The van der Waals surface area contributed by atoms with E-state index in [2.05, 4.69) is 6.92 Å². The minimum atomic E-state index is -0.207. The molecule has 0 heterocycles. The van der Waals surface area contributed by atoms with Gasteiger partial charge >= 0.3 is 0 Å². The van der Waals surface area contributed by atoms with Crippen LogP contribution in [-0.4, -0.2) is 11.6 Å². The third-order valence-corrected chi connectivity index (χ3v) is 2.47. The van der Waals surface area contributed by atoms with Crippen LogP contribution in [0.25, 0.3) is 0 Å². The first-order valence-corrected chi connectivity index (χ1v) is 4.81. The molecule has 1 aliphatic rings. The Morgan fingerprint density at radius 1 is 1.17 bits per heavy atom. The number of carbonyl (C=O) groups is 2. The Hall–Kier alpha value is -0.660. The van der Waals surface area contributed by atoms with Crippen LogP contribution in [0.15, 0.2) is 0 Å². The highest BCUT2D eigenvalue weighted by Gasteiger charge is 2.36. The summed E-state index contributed by atoms with van der Waals surface area (Å²) in [7, 11) is 0. The fourth-order valence-electron chi connectivity index (χ4n) is 1.56. The Kier molecular flexibility index (Phi) is 3.45. The Bertz CT molecular complexity index is 170. The summed E-state index contributed by atoms with van der Waals surface area (Å²) in [5.74, 6) is 0.120. The largest absolute Gasteiger partial charge is 0.298 e. The second-order valence-electron chi connectivity index (χ2n) is 3.51. The molecular formula is C10H16O2. The van der Waals surface area contributed by atoms with E-state index in [-0.39, 0.29) is 23.9 Å². The summed E-state index contributed by atoms with van der Waals surface area (Å²) in [4.78, 5) is 21.8. The van der Waals surface area contributed by atoms with Gasteiger partial charge in [-0.1, -0.05) is 32.6 Å². The van der Waals surface area contributed by atoms with E-state index in [9.17, 15) is 9.59 Å². The van der Waals surface area contributed by atoms with Gasteiger partial charge in [0, 0.05) is 0 Å². The van der Waals surface area contributed by atoms with Crippen LogP contribution >= 0.6 is 0 Å². The predicted octanol–water partition coefficient (Wildman–Crippen LogP) is 2.11. The Labute approximate surface area is 73.3 Å². The van der Waals surface area contributed by atoms with Crippen LogP contribution in [0.2, 0.25) is 0 Å². The second-order valence-corrected chi connectivity index (χ2v) is 3.51. The maximum atomic E-state index is 10.9. The second kappa shape index (κ2) is 4.39. The van der Waals surface area contributed by atoms with Crippen LogP contribution in [0, 0.1) is 5.92 Å². The normalized spacial score (nSPS) is 18.1. The first-order chi connectivity index (χ1) is 5.75. The minimum absolute atomic E-state index is 0.163. The van der Waals surface area contributed by atoms with E-state index in [0.29, 0.717) is 0 Å². The van der Waals surface area contributed by atoms with E-state index in [1.165, 1.54) is 12.8 Å². The summed E-state index contributed by atoms with van der Waals surface area (Å²) in [6.07, 6.45) is 5.63. The molecule has 0 aromatic rings. The number of Topliss-reactive ketones (excluding diaryl/α,β-unsaturated/α-hetero) is 2. The standard InChI is InChI=1S/C10H16O2/c1-2-3-4-5-6-8-9(11)7-10(8)12/h8H,2-7H2,1H3. The fraction of sp³-hybridized carbons (Fsp3) is 0.800. The molecule has 1 saturated carbocycles. The average Bonchev–Trinajstić information content (AvgIpc) is 2.04. The number of carbonyl (C=O) groups excluding carboxylic acids is 2. The van der Waals surface area contributed by atoms with E-state index in [0.717, 1.165) is 19.3 Å². The summed E-state index contributed by atoms with van der Waals surface area (Å²) >= 11 is 0. The van der Waals surface area contributed by atoms with E-state index in [1.807, 2.05) is 0 Å². The molecule has 0 aromatic heterocycles. The van der Waals surface area contributed by atoms with Gasteiger partial charge in [0.1, 0.15) is 0 Å². The fourth-order valence-corrected chi connectivity index (χ4v) is 1.56. The third kappa shape index (κ3) is 2.16. The van der Waals surface area contributed by atoms with Gasteiger partial charge in [-0.25, -0.2) is 0 Å². The van der Waals surface area contributed by atoms with E-state index in [4.69, 9.17) is 0 Å². The Morgan fingerprint density at radius 2 is 1.83 bits per heavy atom. The molecule has 0 amide bonds. The van der Waals surface area contributed by atoms with Gasteiger partial charge in [0.2, 0.25) is 0 Å². The first-order valence-electron chi connectivity index (χ1n) is 4.81. The van der Waals surface area contributed by atoms with E-state index >= 15 is 0 Å². The first kappa shape index (κ1) is 9.43. The third-order valence-electron chi connectivity index (χ3n) is 2.47. The topological polar surface area (TPSA) is 34.1 Å². The molecule has 2 heteroatoms. The molecule has 0 unspecified atom stereocenters. The van der Waals surface area contributed by atoms with Gasteiger partial charge < -0.3 is 0 Å². The molecule has 68 valence electrons. The molecule has 0 aromatic carbocycles. The van der Waals surface area contributed by atoms with Crippen molar-refractivity contribution in [2.45, 2.75) is 45.4 Å². The monoisotopic (exact) mass is 168 g/mol. The zero-order chi connectivity index (χ0) is 8.97. The molecule has 0 aliphatic heterocycles. The number of hydrogen-bond acceptors (Lipinski definition) is 2. The van der Waals surface area contributed by atoms with Crippen molar-refractivity contribution >= 4 is 11.6 Å². The molecule has 1 rings (SSSR count). The van der Waals surface area contributed by atoms with Crippen molar-refractivity contribution in [3.05, 3.63) is 0 Å².